The van der Waals surface area contributed by atoms with Crippen LogP contribution in [0.15, 0.2) is 47.3 Å². The molecule has 1 heterocycles. The van der Waals surface area contributed by atoms with Crippen LogP contribution in [-0.4, -0.2) is 15.5 Å². The van der Waals surface area contributed by atoms with Gasteiger partial charge in [-0.15, -0.1) is 0 Å². The highest BCUT2D eigenvalue weighted by molar-refractivity contribution is 6.37. The number of nitrogens with zero attached hydrogens (tertiary/aromatic N) is 2. The van der Waals surface area contributed by atoms with Crippen LogP contribution in [0.5, 0.6) is 5.75 Å². The van der Waals surface area contributed by atoms with Gasteiger partial charge in [0.1, 0.15) is 13.2 Å². The van der Waals surface area contributed by atoms with Gasteiger partial charge in [-0.2, -0.15) is 0 Å². The van der Waals surface area contributed by atoms with Crippen molar-refractivity contribution in [1.82, 2.24) is 9.55 Å². The van der Waals surface area contributed by atoms with E-state index < -0.39 is 5.91 Å². The Labute approximate surface area is 152 Å². The minimum atomic E-state index is -0.656. The average molecular weight is 378 g/mol. The number of carbonyl (C=O) groups excluding carboxylic acids is 1. The minimum Gasteiger partial charge on any atom is -0.483 e. The highest BCUT2D eigenvalue weighted by atomic mass is 35.5. The number of amides is 1. The van der Waals surface area contributed by atoms with Gasteiger partial charge in [0, 0.05) is 0 Å². The second-order valence-corrected chi connectivity index (χ2v) is 6.06. The quantitative estimate of drug-likeness (QED) is 0.740. The number of benzene rings is 2. The monoisotopic (exact) mass is 377 g/mol. The van der Waals surface area contributed by atoms with Gasteiger partial charge in [-0.25, -0.2) is 4.98 Å². The zero-order valence-corrected chi connectivity index (χ0v) is 14.4. The van der Waals surface area contributed by atoms with Gasteiger partial charge < -0.3 is 10.5 Å². The molecule has 0 unspecified atom stereocenters. The van der Waals surface area contributed by atoms with Crippen molar-refractivity contribution < 1.29 is 9.53 Å². The molecule has 0 spiro atoms. The van der Waals surface area contributed by atoms with Crippen molar-refractivity contribution in [3.05, 3.63) is 68.7 Å². The molecule has 0 saturated carbocycles. The van der Waals surface area contributed by atoms with Crippen molar-refractivity contribution in [2.45, 2.75) is 13.2 Å². The van der Waals surface area contributed by atoms with Crippen LogP contribution in [0, 0.1) is 0 Å². The van der Waals surface area contributed by atoms with E-state index in [2.05, 4.69) is 4.98 Å². The van der Waals surface area contributed by atoms with Crippen LogP contribution >= 0.6 is 23.2 Å². The molecule has 2 N–H and O–H groups in total. The van der Waals surface area contributed by atoms with E-state index in [0.29, 0.717) is 20.9 Å². The maximum atomic E-state index is 12.6. The number of halogens is 2. The fourth-order valence-corrected chi connectivity index (χ4v) is 2.91. The van der Waals surface area contributed by atoms with Crippen LogP contribution in [0.3, 0.4) is 0 Å². The summed E-state index contributed by atoms with van der Waals surface area (Å²) in [6.07, 6.45) is 0. The highest BCUT2D eigenvalue weighted by Crippen LogP contribution is 2.32. The number of aromatic nitrogens is 2. The van der Waals surface area contributed by atoms with Crippen molar-refractivity contribution in [3.8, 4) is 5.75 Å². The van der Waals surface area contributed by atoms with Gasteiger partial charge >= 0.3 is 0 Å². The van der Waals surface area contributed by atoms with Crippen LogP contribution in [0.2, 0.25) is 10.0 Å². The lowest BCUT2D eigenvalue weighted by molar-refractivity contribution is -0.118. The average Bonchev–Trinajstić information content (AvgIpc) is 2.57. The highest BCUT2D eigenvalue weighted by Gasteiger charge is 2.15. The molecular weight excluding hydrogens is 365 g/mol. The number of nitrogens with two attached hydrogens (primary N) is 1. The molecule has 128 valence electrons. The molecule has 2 aromatic carbocycles. The van der Waals surface area contributed by atoms with E-state index in [9.17, 15) is 9.59 Å². The van der Waals surface area contributed by atoms with Crippen molar-refractivity contribution in [1.29, 1.82) is 0 Å². The number of ether oxygens (including phenoxy) is 1. The lowest BCUT2D eigenvalue weighted by atomic mass is 10.2. The third kappa shape index (κ3) is 3.60. The standard InChI is InChI=1S/C17H13Cl2N3O3/c18-11-5-3-6-12(19)16(11)25-9-15-21-13-7-2-1-4-10(13)17(24)22(15)8-14(20)23/h1-7H,8-9H2,(H2,20,23). The molecule has 3 aromatic rings. The fourth-order valence-electron chi connectivity index (χ4n) is 2.40. The summed E-state index contributed by atoms with van der Waals surface area (Å²) in [6.45, 7) is -0.400. The van der Waals surface area contributed by atoms with E-state index in [1.165, 1.54) is 4.57 Å². The summed E-state index contributed by atoms with van der Waals surface area (Å²) < 4.78 is 6.83. The van der Waals surface area contributed by atoms with Crippen LogP contribution in [-0.2, 0) is 17.9 Å². The number of fused-ring (bicyclic) bond motifs is 1. The Bertz CT molecular complexity index is 997. The number of rotatable bonds is 5. The number of primary amides is 1. The van der Waals surface area contributed by atoms with Crippen LogP contribution < -0.4 is 16.0 Å². The summed E-state index contributed by atoms with van der Waals surface area (Å²) in [5.41, 5.74) is 5.38. The Morgan fingerprint density at radius 2 is 1.80 bits per heavy atom. The minimum absolute atomic E-state index is 0.100. The largest absolute Gasteiger partial charge is 0.483 e. The Kier molecular flexibility index (Phi) is 4.92. The summed E-state index contributed by atoms with van der Waals surface area (Å²) in [6, 6.07) is 11.8. The van der Waals surface area contributed by atoms with Crippen LogP contribution in [0.25, 0.3) is 10.9 Å². The summed E-state index contributed by atoms with van der Waals surface area (Å²) >= 11 is 12.1. The Balaban J connectivity index is 2.05. The maximum Gasteiger partial charge on any atom is 0.261 e. The van der Waals surface area contributed by atoms with Gasteiger partial charge in [0.25, 0.3) is 5.56 Å². The van der Waals surface area contributed by atoms with Crippen LogP contribution in [0.4, 0.5) is 0 Å². The Hall–Kier alpha value is -2.57. The zero-order chi connectivity index (χ0) is 18.0. The second kappa shape index (κ2) is 7.13. The van der Waals surface area contributed by atoms with Crippen molar-refractivity contribution in [2.24, 2.45) is 5.73 Å². The van der Waals surface area contributed by atoms with Crippen molar-refractivity contribution in [2.75, 3.05) is 0 Å². The molecule has 3 rings (SSSR count). The molecule has 0 radical (unpaired) electrons. The summed E-state index contributed by atoms with van der Waals surface area (Å²) in [7, 11) is 0. The Morgan fingerprint density at radius 3 is 2.48 bits per heavy atom. The molecule has 0 aliphatic heterocycles. The van der Waals surface area contributed by atoms with Gasteiger partial charge in [0.2, 0.25) is 5.91 Å². The van der Waals surface area contributed by atoms with Gasteiger partial charge in [-0.3, -0.25) is 14.2 Å². The van der Waals surface area contributed by atoms with Crippen LogP contribution in [0.1, 0.15) is 5.82 Å². The third-order valence-corrected chi connectivity index (χ3v) is 4.11. The van der Waals surface area contributed by atoms with Crippen molar-refractivity contribution >= 4 is 40.0 Å². The first-order chi connectivity index (χ1) is 12.0. The molecule has 0 saturated heterocycles. The fraction of sp³-hybridized carbons (Fsp3) is 0.118. The second-order valence-electron chi connectivity index (χ2n) is 5.24. The molecular formula is C17H13Cl2N3O3. The lowest BCUT2D eigenvalue weighted by Crippen LogP contribution is -2.32. The SMILES string of the molecule is NC(=O)Cn1c(COc2c(Cl)cccc2Cl)nc2ccccc2c1=O. The number of carbonyl (C=O) groups is 1. The zero-order valence-electron chi connectivity index (χ0n) is 12.9. The molecule has 0 aliphatic carbocycles. The van der Waals surface area contributed by atoms with E-state index in [-0.39, 0.29) is 30.3 Å². The first kappa shape index (κ1) is 17.3. The third-order valence-electron chi connectivity index (χ3n) is 3.52. The topological polar surface area (TPSA) is 87.2 Å². The molecule has 0 atom stereocenters. The molecule has 6 nitrogen and oxygen atoms in total. The summed E-state index contributed by atoms with van der Waals surface area (Å²) in [5, 5.41) is 1.05. The molecule has 8 heteroatoms. The smallest absolute Gasteiger partial charge is 0.261 e. The van der Waals surface area contributed by atoms with Gasteiger partial charge in [0.15, 0.2) is 11.6 Å². The molecule has 1 amide bonds. The molecule has 0 fully saturated rings. The predicted molar refractivity (Wildman–Crippen MR) is 96.0 cm³/mol. The van der Waals surface area contributed by atoms with E-state index >= 15 is 0 Å². The lowest BCUT2D eigenvalue weighted by Gasteiger charge is -2.14. The molecule has 25 heavy (non-hydrogen) atoms. The first-order valence-corrected chi connectivity index (χ1v) is 8.06. The van der Waals surface area contributed by atoms with Gasteiger partial charge in [-0.05, 0) is 24.3 Å². The van der Waals surface area contributed by atoms with E-state index in [0.717, 1.165) is 0 Å². The van der Waals surface area contributed by atoms with E-state index in [1.54, 1.807) is 42.5 Å². The van der Waals surface area contributed by atoms with Gasteiger partial charge in [-0.1, -0.05) is 41.4 Å². The predicted octanol–water partition coefficient (Wildman–Crippen LogP) is 2.77. The first-order valence-electron chi connectivity index (χ1n) is 7.31. The van der Waals surface area contributed by atoms with Crippen molar-refractivity contribution in [3.63, 3.8) is 0 Å². The number of hydrogen-bond donors (Lipinski definition) is 1. The van der Waals surface area contributed by atoms with E-state index in [1.807, 2.05) is 0 Å². The van der Waals surface area contributed by atoms with Gasteiger partial charge in [0.05, 0.1) is 20.9 Å². The summed E-state index contributed by atoms with van der Waals surface area (Å²) in [5.74, 6) is -0.131. The van der Waals surface area contributed by atoms with E-state index in [4.69, 9.17) is 33.7 Å². The molecule has 0 aliphatic rings. The molecule has 1 aromatic heterocycles. The maximum absolute atomic E-state index is 12.6. The number of hydrogen-bond acceptors (Lipinski definition) is 4. The number of para-hydroxylation sites is 2. The molecule has 0 bridgehead atoms. The summed E-state index contributed by atoms with van der Waals surface area (Å²) in [4.78, 5) is 28.4. The normalized spacial score (nSPS) is 10.8. The Morgan fingerprint density at radius 1 is 1.12 bits per heavy atom.